The number of fused-ring (bicyclic) bond motifs is 1. The van der Waals surface area contributed by atoms with E-state index >= 15 is 0 Å². The fourth-order valence-electron chi connectivity index (χ4n) is 3.39. The number of hydrogen-bond donors (Lipinski definition) is 1. The third-order valence-electron chi connectivity index (χ3n) is 4.78. The van der Waals surface area contributed by atoms with Gasteiger partial charge in [-0.15, -0.1) is 10.2 Å². The van der Waals surface area contributed by atoms with E-state index in [9.17, 15) is 4.79 Å². The minimum Gasteiger partial charge on any atom is -0.444 e. The molecule has 1 fully saturated rings. The van der Waals surface area contributed by atoms with Gasteiger partial charge in [0, 0.05) is 37.1 Å². The van der Waals surface area contributed by atoms with Crippen LogP contribution in [0.2, 0.25) is 0 Å². The number of nitrogens with one attached hydrogen (secondary N) is 1. The number of rotatable bonds is 4. The van der Waals surface area contributed by atoms with Crippen molar-refractivity contribution in [2.45, 2.75) is 12.5 Å². The molecule has 1 aliphatic heterocycles. The first-order valence-electron chi connectivity index (χ1n) is 8.99. The number of benzene rings is 1. The lowest BCUT2D eigenvalue weighted by Crippen LogP contribution is -2.37. The number of anilines is 1. The summed E-state index contributed by atoms with van der Waals surface area (Å²) in [6.45, 7) is 1.42. The number of hydrogen-bond acceptors (Lipinski definition) is 7. The first kappa shape index (κ1) is 16.4. The zero-order chi connectivity index (χ0) is 18.9. The van der Waals surface area contributed by atoms with Gasteiger partial charge in [-0.25, -0.2) is 9.97 Å². The van der Waals surface area contributed by atoms with Crippen LogP contribution in [0.5, 0.6) is 0 Å². The number of nitrogens with zero attached hydrogens (tertiary/aromatic N) is 6. The predicted octanol–water partition coefficient (Wildman–Crippen LogP) is 1.79. The Balaban J connectivity index is 1.27. The van der Waals surface area contributed by atoms with Crippen LogP contribution >= 0.6 is 0 Å². The molecule has 0 bridgehead atoms. The van der Waals surface area contributed by atoms with Crippen molar-refractivity contribution in [3.05, 3.63) is 61.0 Å². The molecule has 4 aromatic rings. The molecule has 1 amide bonds. The number of carbonyl (C=O) groups excluding carboxylic acids is 1. The molecule has 0 spiro atoms. The number of aromatic nitrogens is 5. The Labute approximate surface area is 160 Å². The molecule has 1 unspecified atom stereocenters. The summed E-state index contributed by atoms with van der Waals surface area (Å²) in [6.07, 6.45) is 7.38. The van der Waals surface area contributed by atoms with E-state index in [0.29, 0.717) is 18.1 Å². The van der Waals surface area contributed by atoms with Gasteiger partial charge in [0.25, 0.3) is 5.91 Å². The molecule has 0 saturated carbocycles. The van der Waals surface area contributed by atoms with Crippen molar-refractivity contribution < 1.29 is 9.21 Å². The Morgan fingerprint density at radius 2 is 2.14 bits per heavy atom. The monoisotopic (exact) mass is 375 g/mol. The molecule has 5 rings (SSSR count). The average molecular weight is 375 g/mol. The van der Waals surface area contributed by atoms with Crippen LogP contribution in [-0.2, 0) is 0 Å². The summed E-state index contributed by atoms with van der Waals surface area (Å²) in [4.78, 5) is 23.4. The summed E-state index contributed by atoms with van der Waals surface area (Å²) >= 11 is 0. The second-order valence-corrected chi connectivity index (χ2v) is 6.62. The van der Waals surface area contributed by atoms with Gasteiger partial charge in [0.15, 0.2) is 11.5 Å². The summed E-state index contributed by atoms with van der Waals surface area (Å²) in [5.74, 6) is 0.956. The Morgan fingerprint density at radius 3 is 3.04 bits per heavy atom. The van der Waals surface area contributed by atoms with E-state index in [1.807, 2.05) is 40.9 Å². The zero-order valence-electron chi connectivity index (χ0n) is 14.9. The van der Waals surface area contributed by atoms with Crippen molar-refractivity contribution in [3.8, 4) is 11.5 Å². The summed E-state index contributed by atoms with van der Waals surface area (Å²) in [7, 11) is 0. The first-order valence-corrected chi connectivity index (χ1v) is 8.99. The molecule has 3 aromatic heterocycles. The molecule has 1 N–H and O–H groups in total. The number of oxazole rings is 1. The molecule has 0 aliphatic carbocycles. The fraction of sp³-hybridized carbons (Fsp3) is 0.211. The van der Waals surface area contributed by atoms with Crippen molar-refractivity contribution in [2.75, 3.05) is 18.0 Å². The third kappa shape index (κ3) is 2.96. The third-order valence-corrected chi connectivity index (χ3v) is 4.78. The summed E-state index contributed by atoms with van der Waals surface area (Å²) in [5.41, 5.74) is 1.81. The maximum atomic E-state index is 12.6. The second-order valence-electron chi connectivity index (χ2n) is 6.62. The van der Waals surface area contributed by atoms with Gasteiger partial charge in [-0.2, -0.15) is 0 Å². The lowest BCUT2D eigenvalue weighted by atomic mass is 10.2. The lowest BCUT2D eigenvalue weighted by Gasteiger charge is -2.17. The minimum atomic E-state index is -0.244. The van der Waals surface area contributed by atoms with E-state index in [1.54, 1.807) is 12.5 Å². The van der Waals surface area contributed by atoms with Crippen molar-refractivity contribution >= 4 is 17.4 Å². The quantitative estimate of drug-likeness (QED) is 0.580. The maximum Gasteiger partial charge on any atom is 0.273 e. The van der Waals surface area contributed by atoms with Gasteiger partial charge in [0.2, 0.25) is 11.5 Å². The highest BCUT2D eigenvalue weighted by Crippen LogP contribution is 2.22. The number of carbonyl (C=O) groups is 1. The van der Waals surface area contributed by atoms with Gasteiger partial charge < -0.3 is 14.6 Å². The van der Waals surface area contributed by atoms with Crippen LogP contribution in [0.4, 0.5) is 5.82 Å². The van der Waals surface area contributed by atoms with Crippen LogP contribution in [0.1, 0.15) is 16.9 Å². The Morgan fingerprint density at radius 1 is 1.25 bits per heavy atom. The molecule has 140 valence electrons. The van der Waals surface area contributed by atoms with E-state index in [-0.39, 0.29) is 17.6 Å². The van der Waals surface area contributed by atoms with E-state index in [4.69, 9.17) is 4.42 Å². The molecule has 1 aromatic carbocycles. The maximum absolute atomic E-state index is 12.6. The summed E-state index contributed by atoms with van der Waals surface area (Å²) < 4.78 is 7.28. The van der Waals surface area contributed by atoms with Crippen molar-refractivity contribution in [3.63, 3.8) is 0 Å². The van der Waals surface area contributed by atoms with Crippen LogP contribution in [0, 0.1) is 0 Å². The van der Waals surface area contributed by atoms with Gasteiger partial charge in [0.05, 0.1) is 0 Å². The highest BCUT2D eigenvalue weighted by Gasteiger charge is 2.27. The van der Waals surface area contributed by atoms with Crippen LogP contribution in [-0.4, -0.2) is 49.6 Å². The second kappa shape index (κ2) is 6.76. The van der Waals surface area contributed by atoms with Gasteiger partial charge in [-0.3, -0.25) is 9.20 Å². The largest absolute Gasteiger partial charge is 0.444 e. The van der Waals surface area contributed by atoms with E-state index < -0.39 is 0 Å². The molecule has 28 heavy (non-hydrogen) atoms. The topological polar surface area (TPSA) is 101 Å². The molecule has 1 aliphatic rings. The molecule has 1 atom stereocenters. The van der Waals surface area contributed by atoms with Gasteiger partial charge in [0.1, 0.15) is 12.6 Å². The molecule has 9 nitrogen and oxygen atoms in total. The predicted molar refractivity (Wildman–Crippen MR) is 101 cm³/mol. The lowest BCUT2D eigenvalue weighted by molar-refractivity contribution is 0.0935. The Kier molecular flexibility index (Phi) is 3.97. The van der Waals surface area contributed by atoms with Crippen LogP contribution in [0.3, 0.4) is 0 Å². The highest BCUT2D eigenvalue weighted by molar-refractivity contribution is 5.92. The van der Waals surface area contributed by atoms with Gasteiger partial charge >= 0.3 is 0 Å². The minimum absolute atomic E-state index is 0.00523. The molecular weight excluding hydrogens is 358 g/mol. The fourth-order valence-corrected chi connectivity index (χ4v) is 3.39. The van der Waals surface area contributed by atoms with E-state index in [2.05, 4.69) is 30.4 Å². The number of amides is 1. The SMILES string of the molecule is O=C(NC1CCN(c2nccn3cnnc23)C1)c1coc(-c2ccccc2)n1. The molecule has 9 heteroatoms. The van der Waals surface area contributed by atoms with Gasteiger partial charge in [-0.05, 0) is 18.6 Å². The molecule has 1 saturated heterocycles. The first-order chi connectivity index (χ1) is 13.8. The van der Waals surface area contributed by atoms with E-state index in [0.717, 1.165) is 24.3 Å². The highest BCUT2D eigenvalue weighted by atomic mass is 16.3. The Bertz CT molecular complexity index is 1120. The molecule has 4 heterocycles. The average Bonchev–Trinajstić information content (AvgIpc) is 3.48. The smallest absolute Gasteiger partial charge is 0.273 e. The standard InChI is InChI=1S/C19H17N7O2/c27-18(15-11-28-19(23-15)13-4-2-1-3-5-13)22-14-6-8-25(10-14)16-17-24-21-12-26(17)9-7-20-16/h1-5,7,9,11-12,14H,6,8,10H2,(H,22,27). The summed E-state index contributed by atoms with van der Waals surface area (Å²) in [6, 6.07) is 9.49. The van der Waals surface area contributed by atoms with Crippen molar-refractivity contribution in [2.24, 2.45) is 0 Å². The van der Waals surface area contributed by atoms with Crippen LogP contribution in [0.25, 0.3) is 17.1 Å². The summed E-state index contributed by atoms with van der Waals surface area (Å²) in [5, 5.41) is 11.1. The van der Waals surface area contributed by atoms with Crippen molar-refractivity contribution in [1.29, 1.82) is 0 Å². The Hall–Kier alpha value is -3.75. The van der Waals surface area contributed by atoms with E-state index in [1.165, 1.54) is 6.26 Å². The zero-order valence-corrected chi connectivity index (χ0v) is 14.9. The van der Waals surface area contributed by atoms with Crippen LogP contribution in [0.15, 0.2) is 59.7 Å². The molecular formula is C19H17N7O2. The molecule has 0 radical (unpaired) electrons. The normalized spacial score (nSPS) is 16.6. The van der Waals surface area contributed by atoms with Crippen LogP contribution < -0.4 is 10.2 Å². The van der Waals surface area contributed by atoms with Gasteiger partial charge in [-0.1, -0.05) is 18.2 Å². The van der Waals surface area contributed by atoms with Crippen molar-refractivity contribution in [1.82, 2.24) is 29.9 Å².